The number of aromatic nitrogens is 2. The molecule has 1 aromatic heterocycles. The van der Waals surface area contributed by atoms with Gasteiger partial charge in [0.15, 0.2) is 5.67 Å². The molecule has 4 heterocycles. The predicted molar refractivity (Wildman–Crippen MR) is 133 cm³/mol. The van der Waals surface area contributed by atoms with E-state index in [-0.39, 0.29) is 30.6 Å². The van der Waals surface area contributed by atoms with Crippen LogP contribution in [0.25, 0.3) is 11.0 Å². The van der Waals surface area contributed by atoms with E-state index in [1.165, 1.54) is 17.7 Å². The van der Waals surface area contributed by atoms with Crippen LogP contribution in [0.4, 0.5) is 8.78 Å². The molecule has 34 heavy (non-hydrogen) atoms. The van der Waals surface area contributed by atoms with E-state index in [2.05, 4.69) is 32.0 Å². The minimum atomic E-state index is -1.76. The number of benzene rings is 1. The van der Waals surface area contributed by atoms with Crippen molar-refractivity contribution in [2.75, 3.05) is 38.5 Å². The number of aryl methyl sites for hydroxylation is 1. The molecule has 0 radical (unpaired) electrons. The summed E-state index contributed by atoms with van der Waals surface area (Å²) >= 11 is 1.78. The van der Waals surface area contributed by atoms with E-state index in [0.29, 0.717) is 31.7 Å². The SMILES string of the molecule is CCc1nc2cc(F)ccc2n1C1CCN(C(=O)C2(F)CCN(CC3=CSCC=C3)CC2)CC1. The maximum absolute atomic E-state index is 15.7. The monoisotopic (exact) mass is 486 g/mol. The van der Waals surface area contributed by atoms with Crippen molar-refractivity contribution in [3.8, 4) is 0 Å². The van der Waals surface area contributed by atoms with Crippen molar-refractivity contribution in [2.45, 2.75) is 50.7 Å². The Morgan fingerprint density at radius 3 is 2.65 bits per heavy atom. The molecular formula is C26H32F2N4OS. The molecule has 3 aliphatic rings. The second-order valence-electron chi connectivity index (χ2n) is 9.58. The molecule has 0 N–H and O–H groups in total. The highest BCUT2D eigenvalue weighted by Crippen LogP contribution is 2.34. The van der Waals surface area contributed by atoms with E-state index in [9.17, 15) is 9.18 Å². The maximum Gasteiger partial charge on any atom is 0.260 e. The van der Waals surface area contributed by atoms with Crippen LogP contribution in [0.1, 0.15) is 44.5 Å². The number of imidazole rings is 1. The average Bonchev–Trinajstić information content (AvgIpc) is 3.23. The van der Waals surface area contributed by atoms with Crippen LogP contribution >= 0.6 is 11.8 Å². The molecule has 3 aliphatic heterocycles. The molecule has 2 aromatic rings. The molecule has 0 aliphatic carbocycles. The van der Waals surface area contributed by atoms with E-state index in [1.54, 1.807) is 22.7 Å². The highest BCUT2D eigenvalue weighted by Gasteiger charge is 2.45. The third kappa shape index (κ3) is 4.67. The van der Waals surface area contributed by atoms with E-state index < -0.39 is 5.67 Å². The van der Waals surface area contributed by atoms with Gasteiger partial charge >= 0.3 is 0 Å². The smallest absolute Gasteiger partial charge is 0.260 e. The van der Waals surface area contributed by atoms with Crippen molar-refractivity contribution in [3.05, 3.63) is 53.0 Å². The van der Waals surface area contributed by atoms with Crippen LogP contribution in [-0.4, -0.2) is 69.4 Å². The Balaban J connectivity index is 1.20. The fourth-order valence-electron chi connectivity index (χ4n) is 5.47. The summed E-state index contributed by atoms with van der Waals surface area (Å²) in [6, 6.07) is 4.92. The van der Waals surface area contributed by atoms with Gasteiger partial charge in [0.25, 0.3) is 5.91 Å². The lowest BCUT2D eigenvalue weighted by Crippen LogP contribution is -2.54. The summed E-state index contributed by atoms with van der Waals surface area (Å²) in [7, 11) is 0. The number of halogens is 2. The lowest BCUT2D eigenvalue weighted by Gasteiger charge is -2.41. The van der Waals surface area contributed by atoms with Gasteiger partial charge in [-0.25, -0.2) is 13.8 Å². The van der Waals surface area contributed by atoms with E-state index in [0.717, 1.165) is 42.9 Å². The van der Waals surface area contributed by atoms with Gasteiger partial charge in [0.05, 0.1) is 11.0 Å². The molecule has 0 spiro atoms. The molecule has 182 valence electrons. The summed E-state index contributed by atoms with van der Waals surface area (Å²) in [6.07, 6.45) is 7.08. The Morgan fingerprint density at radius 1 is 1.21 bits per heavy atom. The number of carbonyl (C=O) groups excluding carboxylic acids is 1. The lowest BCUT2D eigenvalue weighted by molar-refractivity contribution is -0.148. The third-order valence-corrected chi connectivity index (χ3v) is 8.21. The van der Waals surface area contributed by atoms with Crippen LogP contribution in [0.5, 0.6) is 0 Å². The number of amides is 1. The van der Waals surface area contributed by atoms with Gasteiger partial charge in [-0.15, -0.1) is 11.8 Å². The summed E-state index contributed by atoms with van der Waals surface area (Å²) in [6.45, 7) is 5.15. The molecule has 2 saturated heterocycles. The van der Waals surface area contributed by atoms with Crippen LogP contribution < -0.4 is 0 Å². The average molecular weight is 487 g/mol. The van der Waals surface area contributed by atoms with Crippen molar-refractivity contribution in [1.29, 1.82) is 0 Å². The molecule has 1 aromatic carbocycles. The number of thioether (sulfide) groups is 1. The van der Waals surface area contributed by atoms with Gasteiger partial charge in [-0.3, -0.25) is 9.69 Å². The number of alkyl halides is 1. The first-order valence-electron chi connectivity index (χ1n) is 12.3. The molecule has 0 unspecified atom stereocenters. The molecule has 8 heteroatoms. The van der Waals surface area contributed by atoms with E-state index in [4.69, 9.17) is 0 Å². The minimum absolute atomic E-state index is 0.182. The van der Waals surface area contributed by atoms with E-state index >= 15 is 4.39 Å². The number of nitrogens with zero attached hydrogens (tertiary/aromatic N) is 4. The first kappa shape index (κ1) is 23.5. The number of carbonyl (C=O) groups is 1. The van der Waals surface area contributed by atoms with Crippen molar-refractivity contribution < 1.29 is 13.6 Å². The molecule has 1 amide bonds. The van der Waals surface area contributed by atoms with Crippen molar-refractivity contribution in [3.63, 3.8) is 0 Å². The third-order valence-electron chi connectivity index (χ3n) is 7.35. The fourth-order valence-corrected chi connectivity index (χ4v) is 6.14. The van der Waals surface area contributed by atoms with Gasteiger partial charge in [0.2, 0.25) is 0 Å². The zero-order valence-corrected chi connectivity index (χ0v) is 20.5. The molecule has 0 atom stereocenters. The van der Waals surface area contributed by atoms with Crippen LogP contribution in [0.2, 0.25) is 0 Å². The molecule has 5 rings (SSSR count). The normalized spacial score (nSPS) is 21.7. The summed E-state index contributed by atoms with van der Waals surface area (Å²) in [5.41, 5.74) is 1.10. The molecule has 2 fully saturated rings. The van der Waals surface area contributed by atoms with Crippen molar-refractivity contribution in [2.24, 2.45) is 0 Å². The Morgan fingerprint density at radius 2 is 1.97 bits per heavy atom. The lowest BCUT2D eigenvalue weighted by atomic mass is 9.90. The van der Waals surface area contributed by atoms with Crippen molar-refractivity contribution >= 4 is 28.7 Å². The summed E-state index contributed by atoms with van der Waals surface area (Å²) in [5.74, 6) is 1.31. The van der Waals surface area contributed by atoms with Crippen LogP contribution in [-0.2, 0) is 11.2 Å². The van der Waals surface area contributed by atoms with Crippen LogP contribution in [0.3, 0.4) is 0 Å². The zero-order valence-electron chi connectivity index (χ0n) is 19.7. The standard InChI is InChI=1S/C26H32F2N4OS/c1-2-24-29-22-16-20(27)5-6-23(22)32(24)21-7-11-31(12-8-21)25(33)26(28)9-13-30(14-10-26)17-19-4-3-15-34-18-19/h3-6,16,18,21H,2,7-15,17H2,1H3. The van der Waals surface area contributed by atoms with Gasteiger partial charge < -0.3 is 9.47 Å². The largest absolute Gasteiger partial charge is 0.340 e. The van der Waals surface area contributed by atoms with Crippen LogP contribution in [0, 0.1) is 5.82 Å². The van der Waals surface area contributed by atoms with Gasteiger partial charge in [-0.1, -0.05) is 19.1 Å². The Labute approximate surface area is 203 Å². The maximum atomic E-state index is 15.7. The van der Waals surface area contributed by atoms with E-state index in [1.807, 2.05) is 6.92 Å². The summed E-state index contributed by atoms with van der Waals surface area (Å²) in [4.78, 5) is 21.8. The first-order valence-corrected chi connectivity index (χ1v) is 13.4. The Hall–Kier alpha value is -2.19. The highest BCUT2D eigenvalue weighted by molar-refractivity contribution is 8.02. The second kappa shape index (κ2) is 9.82. The first-order chi connectivity index (χ1) is 16.5. The number of piperidine rings is 2. The number of hydrogen-bond acceptors (Lipinski definition) is 4. The van der Waals surface area contributed by atoms with Crippen molar-refractivity contribution in [1.82, 2.24) is 19.4 Å². The Kier molecular flexibility index (Phi) is 6.80. The summed E-state index contributed by atoms with van der Waals surface area (Å²) in [5, 5.41) is 2.18. The highest BCUT2D eigenvalue weighted by atomic mass is 32.2. The van der Waals surface area contributed by atoms with Gasteiger partial charge in [-0.05, 0) is 36.0 Å². The van der Waals surface area contributed by atoms with Gasteiger partial charge in [0, 0.05) is 69.8 Å². The summed E-state index contributed by atoms with van der Waals surface area (Å²) < 4.78 is 31.6. The number of rotatable bonds is 5. The zero-order chi connectivity index (χ0) is 23.7. The molecule has 5 nitrogen and oxygen atoms in total. The second-order valence-corrected chi connectivity index (χ2v) is 10.5. The van der Waals surface area contributed by atoms with Gasteiger partial charge in [0.1, 0.15) is 11.6 Å². The van der Waals surface area contributed by atoms with Gasteiger partial charge in [-0.2, -0.15) is 0 Å². The molecular weight excluding hydrogens is 454 g/mol. The minimum Gasteiger partial charge on any atom is -0.340 e. The molecule has 0 bridgehead atoms. The fraction of sp³-hybridized carbons (Fsp3) is 0.538. The molecule has 0 saturated carbocycles. The quantitative estimate of drug-likeness (QED) is 0.603. The van der Waals surface area contributed by atoms with Crippen LogP contribution in [0.15, 0.2) is 41.3 Å². The number of hydrogen-bond donors (Lipinski definition) is 0. The predicted octanol–water partition coefficient (Wildman–Crippen LogP) is 4.89. The number of likely N-dealkylation sites (tertiary alicyclic amines) is 2. The Bertz CT molecular complexity index is 1110. The topological polar surface area (TPSA) is 41.4 Å². The number of fused-ring (bicyclic) bond motifs is 1.